The summed E-state index contributed by atoms with van der Waals surface area (Å²) in [5, 5.41) is 20.3. The van der Waals surface area contributed by atoms with Crippen LogP contribution in [0.15, 0.2) is 66.3 Å². The summed E-state index contributed by atoms with van der Waals surface area (Å²) in [5.74, 6) is 1.94. The summed E-state index contributed by atoms with van der Waals surface area (Å²) in [4.78, 5) is 0. The van der Waals surface area contributed by atoms with Crippen LogP contribution in [0.2, 0.25) is 5.02 Å². The smallest absolute Gasteiger partial charge is 0.191 e. The molecule has 0 bridgehead atoms. The molecule has 0 spiro atoms. The predicted octanol–water partition coefficient (Wildman–Crippen LogP) is 4.62. The molecule has 3 rings (SSSR count). The number of aromatic nitrogens is 3. The molecular formula is C21H22ClN3O2S. The Bertz CT molecular complexity index is 928. The van der Waals surface area contributed by atoms with E-state index in [-0.39, 0.29) is 6.61 Å². The van der Waals surface area contributed by atoms with E-state index in [0.29, 0.717) is 17.3 Å². The molecule has 146 valence electrons. The standard InChI is InChI=1S/C21H22ClN3O2S/c1-3-11-25-20(16-7-9-17(22)10-8-16)23-24-21(25)28-14-18(26)13-27-19-6-4-5-15(2)12-19/h3-10,12,18,26H,1,11,13-14H2,2H3/t18-/m0/s1. The highest BCUT2D eigenvalue weighted by atomic mass is 35.5. The van der Waals surface area contributed by atoms with E-state index in [2.05, 4.69) is 16.8 Å². The number of aryl methyl sites for hydroxylation is 1. The third kappa shape index (κ3) is 5.38. The average molecular weight is 416 g/mol. The summed E-state index contributed by atoms with van der Waals surface area (Å²) < 4.78 is 7.63. The van der Waals surface area contributed by atoms with Gasteiger partial charge in [0, 0.05) is 22.9 Å². The molecule has 3 aromatic rings. The average Bonchev–Trinajstić information content (AvgIpc) is 3.08. The molecule has 2 aromatic carbocycles. The van der Waals surface area contributed by atoms with Crippen LogP contribution in [-0.2, 0) is 6.54 Å². The highest BCUT2D eigenvalue weighted by Crippen LogP contribution is 2.25. The van der Waals surface area contributed by atoms with Crippen molar-refractivity contribution in [2.75, 3.05) is 12.4 Å². The van der Waals surface area contributed by atoms with Crippen LogP contribution in [-0.4, -0.2) is 38.3 Å². The van der Waals surface area contributed by atoms with Crippen molar-refractivity contribution in [2.45, 2.75) is 24.7 Å². The zero-order valence-electron chi connectivity index (χ0n) is 15.6. The van der Waals surface area contributed by atoms with Gasteiger partial charge >= 0.3 is 0 Å². The Morgan fingerprint density at radius 1 is 1.25 bits per heavy atom. The van der Waals surface area contributed by atoms with E-state index in [1.165, 1.54) is 11.8 Å². The molecule has 0 aliphatic heterocycles. The van der Waals surface area contributed by atoms with E-state index in [1.807, 2.05) is 60.0 Å². The number of ether oxygens (including phenoxy) is 1. The van der Waals surface area contributed by atoms with E-state index >= 15 is 0 Å². The van der Waals surface area contributed by atoms with Gasteiger partial charge in [0.05, 0.1) is 6.10 Å². The Balaban J connectivity index is 1.63. The van der Waals surface area contributed by atoms with Gasteiger partial charge in [-0.2, -0.15) is 0 Å². The Kier molecular flexibility index (Phi) is 7.14. The quantitative estimate of drug-likeness (QED) is 0.408. The molecule has 1 N–H and O–H groups in total. The molecule has 0 saturated heterocycles. The number of thioether (sulfide) groups is 1. The van der Waals surface area contributed by atoms with Crippen LogP contribution < -0.4 is 4.74 Å². The van der Waals surface area contributed by atoms with Gasteiger partial charge in [0.15, 0.2) is 11.0 Å². The molecule has 0 radical (unpaired) electrons. The van der Waals surface area contributed by atoms with Crippen LogP contribution >= 0.6 is 23.4 Å². The minimum absolute atomic E-state index is 0.218. The first kappa shape index (κ1) is 20.5. The van der Waals surface area contributed by atoms with Crippen molar-refractivity contribution in [3.63, 3.8) is 0 Å². The highest BCUT2D eigenvalue weighted by Gasteiger charge is 2.15. The molecule has 0 amide bonds. The van der Waals surface area contributed by atoms with Crippen molar-refractivity contribution < 1.29 is 9.84 Å². The minimum atomic E-state index is -0.627. The van der Waals surface area contributed by atoms with Gasteiger partial charge in [0.25, 0.3) is 0 Å². The van der Waals surface area contributed by atoms with Crippen LogP contribution in [0.3, 0.4) is 0 Å². The number of allylic oxidation sites excluding steroid dienone is 1. The van der Waals surface area contributed by atoms with Gasteiger partial charge < -0.3 is 9.84 Å². The Labute approximate surface area is 174 Å². The van der Waals surface area contributed by atoms with E-state index in [9.17, 15) is 5.11 Å². The van der Waals surface area contributed by atoms with Crippen molar-refractivity contribution in [1.82, 2.24) is 14.8 Å². The van der Waals surface area contributed by atoms with E-state index in [0.717, 1.165) is 27.9 Å². The number of aliphatic hydroxyl groups excluding tert-OH is 1. The van der Waals surface area contributed by atoms with Gasteiger partial charge in [0.2, 0.25) is 0 Å². The second-order valence-electron chi connectivity index (χ2n) is 6.30. The number of hydrogen-bond acceptors (Lipinski definition) is 5. The maximum Gasteiger partial charge on any atom is 0.191 e. The van der Waals surface area contributed by atoms with E-state index in [1.54, 1.807) is 6.08 Å². The molecule has 0 fully saturated rings. The molecule has 28 heavy (non-hydrogen) atoms. The number of aliphatic hydroxyl groups is 1. The van der Waals surface area contributed by atoms with E-state index in [4.69, 9.17) is 16.3 Å². The third-order valence-corrected chi connectivity index (χ3v) is 5.33. The molecule has 1 heterocycles. The minimum Gasteiger partial charge on any atom is -0.491 e. The topological polar surface area (TPSA) is 60.2 Å². The van der Waals surface area contributed by atoms with Gasteiger partial charge in [-0.25, -0.2) is 0 Å². The summed E-state index contributed by atoms with van der Waals surface area (Å²) in [6.07, 6.45) is 1.17. The molecule has 0 unspecified atom stereocenters. The molecule has 0 saturated carbocycles. The molecule has 7 heteroatoms. The van der Waals surface area contributed by atoms with Crippen LogP contribution in [0.4, 0.5) is 0 Å². The lowest BCUT2D eigenvalue weighted by Gasteiger charge is -2.13. The summed E-state index contributed by atoms with van der Waals surface area (Å²) in [6.45, 7) is 6.61. The van der Waals surface area contributed by atoms with Crippen molar-refractivity contribution in [3.8, 4) is 17.1 Å². The first-order valence-corrected chi connectivity index (χ1v) is 10.2. The van der Waals surface area contributed by atoms with Crippen LogP contribution in [0.5, 0.6) is 5.75 Å². The third-order valence-electron chi connectivity index (χ3n) is 3.97. The maximum atomic E-state index is 10.3. The second-order valence-corrected chi connectivity index (χ2v) is 7.73. The second kappa shape index (κ2) is 9.78. The molecule has 1 atom stereocenters. The van der Waals surface area contributed by atoms with Crippen molar-refractivity contribution in [3.05, 3.63) is 71.8 Å². The Morgan fingerprint density at radius 3 is 2.75 bits per heavy atom. The molecule has 0 aliphatic carbocycles. The Hall–Kier alpha value is -2.28. The lowest BCUT2D eigenvalue weighted by Crippen LogP contribution is -2.20. The lowest BCUT2D eigenvalue weighted by molar-refractivity contribution is 0.126. The summed E-state index contributed by atoms with van der Waals surface area (Å²) in [6, 6.07) is 15.2. The number of hydrogen-bond donors (Lipinski definition) is 1. The first-order valence-electron chi connectivity index (χ1n) is 8.87. The van der Waals surface area contributed by atoms with E-state index < -0.39 is 6.10 Å². The molecule has 1 aromatic heterocycles. The number of benzene rings is 2. The number of nitrogens with zero attached hydrogens (tertiary/aromatic N) is 3. The zero-order chi connectivity index (χ0) is 19.9. The maximum absolute atomic E-state index is 10.3. The van der Waals surface area contributed by atoms with Crippen LogP contribution in [0, 0.1) is 6.92 Å². The highest BCUT2D eigenvalue weighted by molar-refractivity contribution is 7.99. The number of halogens is 1. The fraction of sp³-hybridized carbons (Fsp3) is 0.238. The molecular weight excluding hydrogens is 394 g/mol. The number of rotatable bonds is 9. The fourth-order valence-electron chi connectivity index (χ4n) is 2.62. The van der Waals surface area contributed by atoms with Gasteiger partial charge in [-0.05, 0) is 48.9 Å². The SMILES string of the molecule is C=CCn1c(SC[C@@H](O)COc2cccc(C)c2)nnc1-c1ccc(Cl)cc1. The van der Waals surface area contributed by atoms with Crippen molar-refractivity contribution in [2.24, 2.45) is 0 Å². The Morgan fingerprint density at radius 2 is 2.04 bits per heavy atom. The predicted molar refractivity (Wildman–Crippen MR) is 114 cm³/mol. The lowest BCUT2D eigenvalue weighted by atomic mass is 10.2. The van der Waals surface area contributed by atoms with Gasteiger partial charge in [0.1, 0.15) is 12.4 Å². The zero-order valence-corrected chi connectivity index (χ0v) is 17.2. The summed E-state index contributed by atoms with van der Waals surface area (Å²) in [7, 11) is 0. The fourth-order valence-corrected chi connectivity index (χ4v) is 3.60. The normalized spacial score (nSPS) is 12.0. The van der Waals surface area contributed by atoms with Crippen LogP contribution in [0.25, 0.3) is 11.4 Å². The van der Waals surface area contributed by atoms with Gasteiger partial charge in [-0.15, -0.1) is 16.8 Å². The largest absolute Gasteiger partial charge is 0.491 e. The molecule has 5 nitrogen and oxygen atoms in total. The summed E-state index contributed by atoms with van der Waals surface area (Å²) >= 11 is 7.41. The monoisotopic (exact) mass is 415 g/mol. The van der Waals surface area contributed by atoms with Gasteiger partial charge in [-0.1, -0.05) is 41.6 Å². The molecule has 0 aliphatic rings. The van der Waals surface area contributed by atoms with Crippen LogP contribution in [0.1, 0.15) is 5.56 Å². The van der Waals surface area contributed by atoms with Crippen molar-refractivity contribution >= 4 is 23.4 Å². The summed E-state index contributed by atoms with van der Waals surface area (Å²) in [5.41, 5.74) is 2.04. The van der Waals surface area contributed by atoms with Crippen molar-refractivity contribution in [1.29, 1.82) is 0 Å². The van der Waals surface area contributed by atoms with Gasteiger partial charge in [-0.3, -0.25) is 4.57 Å². The first-order chi connectivity index (χ1) is 13.6.